The van der Waals surface area contributed by atoms with Gasteiger partial charge < -0.3 is 5.32 Å². The molecule has 1 N–H and O–H groups in total. The standard InChI is InChI=1S/C13H13N5O3/c1-7-11(16-21-15-7)12(19)14-8-4-5-9-10(6-8)18(3)13(20)17(9)2/h4-6H,1-3H3,(H,14,19). The van der Waals surface area contributed by atoms with E-state index in [0.717, 1.165) is 11.0 Å². The van der Waals surface area contributed by atoms with Gasteiger partial charge in [-0.2, -0.15) is 0 Å². The molecule has 1 aromatic carbocycles. The summed E-state index contributed by atoms with van der Waals surface area (Å²) in [6, 6.07) is 5.24. The first-order valence-corrected chi connectivity index (χ1v) is 6.25. The van der Waals surface area contributed by atoms with Crippen molar-refractivity contribution >= 4 is 22.6 Å². The van der Waals surface area contributed by atoms with Crippen LogP contribution >= 0.6 is 0 Å². The zero-order chi connectivity index (χ0) is 15.1. The maximum Gasteiger partial charge on any atom is 0.328 e. The average Bonchev–Trinajstić information content (AvgIpc) is 2.98. The minimum absolute atomic E-state index is 0.120. The largest absolute Gasteiger partial charge is 0.328 e. The third-order valence-electron chi connectivity index (χ3n) is 3.40. The molecule has 3 aromatic rings. The van der Waals surface area contributed by atoms with E-state index in [1.165, 1.54) is 4.57 Å². The Balaban J connectivity index is 1.99. The van der Waals surface area contributed by atoms with Gasteiger partial charge in [-0.15, -0.1) is 0 Å². The number of benzene rings is 1. The summed E-state index contributed by atoms with van der Waals surface area (Å²) in [4.78, 5) is 23.9. The summed E-state index contributed by atoms with van der Waals surface area (Å²) in [6.45, 7) is 1.63. The maximum absolute atomic E-state index is 12.0. The van der Waals surface area contributed by atoms with Gasteiger partial charge in [-0.05, 0) is 30.3 Å². The molecule has 0 fully saturated rings. The quantitative estimate of drug-likeness (QED) is 0.753. The Kier molecular flexibility index (Phi) is 2.86. The van der Waals surface area contributed by atoms with E-state index in [0.29, 0.717) is 11.4 Å². The first-order valence-electron chi connectivity index (χ1n) is 6.25. The second-order valence-electron chi connectivity index (χ2n) is 4.76. The topological polar surface area (TPSA) is 94.9 Å². The summed E-state index contributed by atoms with van der Waals surface area (Å²) < 4.78 is 7.57. The number of carbonyl (C=O) groups excluding carboxylic acids is 1. The highest BCUT2D eigenvalue weighted by atomic mass is 16.6. The third-order valence-corrected chi connectivity index (χ3v) is 3.40. The lowest BCUT2D eigenvalue weighted by molar-refractivity contribution is 0.101. The van der Waals surface area contributed by atoms with E-state index in [4.69, 9.17) is 0 Å². The van der Waals surface area contributed by atoms with Gasteiger partial charge in [0.2, 0.25) is 0 Å². The van der Waals surface area contributed by atoms with E-state index in [-0.39, 0.29) is 11.4 Å². The molecule has 108 valence electrons. The van der Waals surface area contributed by atoms with Crippen molar-refractivity contribution in [2.24, 2.45) is 14.1 Å². The minimum Gasteiger partial charge on any atom is -0.320 e. The van der Waals surface area contributed by atoms with Gasteiger partial charge >= 0.3 is 5.69 Å². The van der Waals surface area contributed by atoms with Gasteiger partial charge in [0.15, 0.2) is 5.69 Å². The summed E-state index contributed by atoms with van der Waals surface area (Å²) in [5, 5.41) is 9.82. The Labute approximate surface area is 118 Å². The van der Waals surface area contributed by atoms with Gasteiger partial charge in [-0.3, -0.25) is 13.9 Å². The van der Waals surface area contributed by atoms with E-state index in [1.54, 1.807) is 43.8 Å². The van der Waals surface area contributed by atoms with Crippen LogP contribution in [0.25, 0.3) is 11.0 Å². The number of nitrogens with one attached hydrogen (secondary N) is 1. The highest BCUT2D eigenvalue weighted by molar-refractivity contribution is 6.04. The van der Waals surface area contributed by atoms with E-state index in [1.807, 2.05) is 0 Å². The second-order valence-corrected chi connectivity index (χ2v) is 4.76. The number of fused-ring (bicyclic) bond motifs is 1. The average molecular weight is 287 g/mol. The predicted octanol–water partition coefficient (Wildman–Crippen LogP) is 0.821. The summed E-state index contributed by atoms with van der Waals surface area (Å²) in [5.74, 6) is -0.408. The molecule has 0 unspecified atom stereocenters. The molecule has 0 aliphatic rings. The smallest absolute Gasteiger partial charge is 0.320 e. The minimum atomic E-state index is -0.408. The van der Waals surface area contributed by atoms with Crippen molar-refractivity contribution < 1.29 is 9.42 Å². The molecule has 2 aromatic heterocycles. The van der Waals surface area contributed by atoms with E-state index in [9.17, 15) is 9.59 Å². The number of nitrogens with zero attached hydrogens (tertiary/aromatic N) is 4. The molecule has 0 saturated carbocycles. The van der Waals surface area contributed by atoms with Crippen molar-refractivity contribution in [2.45, 2.75) is 6.92 Å². The van der Waals surface area contributed by atoms with E-state index < -0.39 is 5.91 Å². The molecule has 0 spiro atoms. The molecule has 1 amide bonds. The molecular weight excluding hydrogens is 274 g/mol. The molecular formula is C13H13N5O3. The number of anilines is 1. The molecule has 0 aliphatic heterocycles. The number of aromatic nitrogens is 4. The molecule has 0 bridgehead atoms. The molecule has 2 heterocycles. The molecule has 21 heavy (non-hydrogen) atoms. The highest BCUT2D eigenvalue weighted by Gasteiger charge is 2.16. The number of imidazole rings is 1. The molecule has 8 heteroatoms. The van der Waals surface area contributed by atoms with Gasteiger partial charge in [0.05, 0.1) is 11.0 Å². The van der Waals surface area contributed by atoms with Crippen LogP contribution in [-0.4, -0.2) is 25.4 Å². The lowest BCUT2D eigenvalue weighted by Gasteiger charge is -2.04. The number of hydrogen-bond acceptors (Lipinski definition) is 5. The number of hydrogen-bond donors (Lipinski definition) is 1. The van der Waals surface area contributed by atoms with Gasteiger partial charge in [-0.25, -0.2) is 9.42 Å². The lowest BCUT2D eigenvalue weighted by atomic mass is 10.2. The Morgan fingerprint density at radius 1 is 1.19 bits per heavy atom. The Bertz CT molecular complexity index is 902. The van der Waals surface area contributed by atoms with Gasteiger partial charge in [0, 0.05) is 19.8 Å². The zero-order valence-electron chi connectivity index (χ0n) is 11.7. The van der Waals surface area contributed by atoms with Crippen LogP contribution in [0.2, 0.25) is 0 Å². The van der Waals surface area contributed by atoms with E-state index >= 15 is 0 Å². The summed E-state index contributed by atoms with van der Waals surface area (Å²) in [6.07, 6.45) is 0. The van der Waals surface area contributed by atoms with Crippen LogP contribution < -0.4 is 11.0 Å². The molecule has 3 rings (SSSR count). The highest BCUT2D eigenvalue weighted by Crippen LogP contribution is 2.18. The van der Waals surface area contributed by atoms with Crippen LogP contribution in [-0.2, 0) is 14.1 Å². The van der Waals surface area contributed by atoms with Crippen molar-refractivity contribution in [1.82, 2.24) is 19.4 Å². The number of amides is 1. The van der Waals surface area contributed by atoms with Crippen LogP contribution in [0.1, 0.15) is 16.2 Å². The van der Waals surface area contributed by atoms with Crippen LogP contribution in [0.3, 0.4) is 0 Å². The van der Waals surface area contributed by atoms with Crippen LogP contribution in [0.5, 0.6) is 0 Å². The zero-order valence-corrected chi connectivity index (χ0v) is 11.7. The second kappa shape index (κ2) is 4.58. The van der Waals surface area contributed by atoms with Crippen molar-refractivity contribution in [3.8, 4) is 0 Å². The summed E-state index contributed by atoms with van der Waals surface area (Å²) >= 11 is 0. The Morgan fingerprint density at radius 2 is 1.90 bits per heavy atom. The monoisotopic (exact) mass is 287 g/mol. The van der Waals surface area contributed by atoms with E-state index in [2.05, 4.69) is 20.3 Å². The van der Waals surface area contributed by atoms with Crippen molar-refractivity contribution in [1.29, 1.82) is 0 Å². The van der Waals surface area contributed by atoms with Gasteiger partial charge in [0.25, 0.3) is 5.91 Å². The van der Waals surface area contributed by atoms with Crippen LogP contribution in [0.15, 0.2) is 27.6 Å². The fraction of sp³-hybridized carbons (Fsp3) is 0.231. The molecule has 0 aliphatic carbocycles. The molecule has 8 nitrogen and oxygen atoms in total. The normalized spacial score (nSPS) is 11.0. The number of carbonyl (C=O) groups is 1. The predicted molar refractivity (Wildman–Crippen MR) is 75.1 cm³/mol. The van der Waals surface area contributed by atoms with Crippen molar-refractivity contribution in [3.05, 3.63) is 40.1 Å². The molecule has 0 saturated heterocycles. The molecule has 0 radical (unpaired) electrons. The maximum atomic E-state index is 12.0. The fourth-order valence-electron chi connectivity index (χ4n) is 2.21. The van der Waals surface area contributed by atoms with Crippen molar-refractivity contribution in [2.75, 3.05) is 5.32 Å². The number of aryl methyl sites for hydroxylation is 3. The first-order chi connectivity index (χ1) is 9.99. The van der Waals surface area contributed by atoms with Gasteiger partial charge in [-0.1, -0.05) is 5.16 Å². The fourth-order valence-corrected chi connectivity index (χ4v) is 2.21. The molecule has 0 atom stereocenters. The summed E-state index contributed by atoms with van der Waals surface area (Å²) in [7, 11) is 3.38. The van der Waals surface area contributed by atoms with Gasteiger partial charge in [0.1, 0.15) is 5.69 Å². The summed E-state index contributed by atoms with van der Waals surface area (Å²) in [5.41, 5.74) is 2.52. The SMILES string of the molecule is Cc1nonc1C(=O)Nc1ccc2c(c1)n(C)c(=O)n2C. The lowest BCUT2D eigenvalue weighted by Crippen LogP contribution is -2.19. The third kappa shape index (κ3) is 2.00. The Morgan fingerprint density at radius 3 is 2.57 bits per heavy atom. The van der Waals surface area contributed by atoms with Crippen LogP contribution in [0, 0.1) is 6.92 Å². The van der Waals surface area contributed by atoms with Crippen molar-refractivity contribution in [3.63, 3.8) is 0 Å². The Hall–Kier alpha value is -2.90. The first kappa shape index (κ1) is 13.1. The number of rotatable bonds is 2. The van der Waals surface area contributed by atoms with Crippen LogP contribution in [0.4, 0.5) is 5.69 Å².